The summed E-state index contributed by atoms with van der Waals surface area (Å²) in [6.45, 7) is 2.45. The van der Waals surface area contributed by atoms with Crippen molar-refractivity contribution < 1.29 is 9.59 Å². The maximum absolute atomic E-state index is 11.4. The van der Waals surface area contributed by atoms with Crippen LogP contribution < -0.4 is 16.0 Å². The molecule has 0 fully saturated rings. The molecule has 6 nitrogen and oxygen atoms in total. The van der Waals surface area contributed by atoms with E-state index in [9.17, 15) is 9.59 Å². The number of nitrogens with zero attached hydrogens (tertiary/aromatic N) is 1. The van der Waals surface area contributed by atoms with Crippen molar-refractivity contribution in [2.75, 3.05) is 18.4 Å². The Morgan fingerprint density at radius 2 is 1.95 bits per heavy atom. The summed E-state index contributed by atoms with van der Waals surface area (Å²) in [5.74, 6) is -0.419. The van der Waals surface area contributed by atoms with Crippen molar-refractivity contribution in [2.24, 2.45) is 0 Å². The Hall–Kier alpha value is -2.55. The van der Waals surface area contributed by atoms with E-state index < -0.39 is 11.9 Å². The van der Waals surface area contributed by atoms with Gasteiger partial charge in [0.15, 0.2) is 0 Å². The number of carbonyl (C=O) groups excluding carboxylic acids is 2. The lowest BCUT2D eigenvalue weighted by Gasteiger charge is -2.07. The van der Waals surface area contributed by atoms with Crippen LogP contribution in [0.1, 0.15) is 18.9 Å². The summed E-state index contributed by atoms with van der Waals surface area (Å²) in [5, 5.41) is 16.2. The molecule has 1 aromatic rings. The van der Waals surface area contributed by atoms with Crippen LogP contribution >= 0.6 is 0 Å². The van der Waals surface area contributed by atoms with Gasteiger partial charge in [-0.2, -0.15) is 5.26 Å². The molecule has 0 bridgehead atoms. The number of carbonyl (C=O) groups is 2. The van der Waals surface area contributed by atoms with E-state index in [0.717, 1.165) is 6.42 Å². The molecule has 100 valence electrons. The molecule has 0 heterocycles. The lowest BCUT2D eigenvalue weighted by molar-refractivity contribution is -0.118. The van der Waals surface area contributed by atoms with Gasteiger partial charge in [-0.05, 0) is 30.7 Å². The average Bonchev–Trinajstić information content (AvgIpc) is 2.43. The molecule has 1 aromatic carbocycles. The number of benzene rings is 1. The number of nitriles is 1. The summed E-state index contributed by atoms with van der Waals surface area (Å²) in [5.41, 5.74) is 1.26. The van der Waals surface area contributed by atoms with Gasteiger partial charge in [0.1, 0.15) is 0 Å². The molecule has 0 spiro atoms. The average molecular weight is 260 g/mol. The number of urea groups is 1. The van der Waals surface area contributed by atoms with Crippen LogP contribution in [-0.2, 0) is 4.79 Å². The SMILES string of the molecule is CCCNC(=O)NC(=O)CNc1ccc(C#N)cc1. The number of hydrogen-bond donors (Lipinski definition) is 3. The number of nitrogens with one attached hydrogen (secondary N) is 3. The van der Waals surface area contributed by atoms with Crippen molar-refractivity contribution in [3.8, 4) is 6.07 Å². The number of hydrogen-bond acceptors (Lipinski definition) is 4. The Morgan fingerprint density at radius 3 is 2.53 bits per heavy atom. The molecule has 6 heteroatoms. The maximum Gasteiger partial charge on any atom is 0.321 e. The van der Waals surface area contributed by atoms with Gasteiger partial charge in [0.2, 0.25) is 5.91 Å². The van der Waals surface area contributed by atoms with Crippen molar-refractivity contribution >= 4 is 17.6 Å². The molecule has 0 radical (unpaired) electrons. The predicted octanol–water partition coefficient (Wildman–Crippen LogP) is 1.21. The van der Waals surface area contributed by atoms with Crippen LogP contribution in [0.2, 0.25) is 0 Å². The summed E-state index contributed by atoms with van der Waals surface area (Å²) >= 11 is 0. The van der Waals surface area contributed by atoms with Gasteiger partial charge < -0.3 is 10.6 Å². The normalized spacial score (nSPS) is 9.26. The number of amides is 3. The quantitative estimate of drug-likeness (QED) is 0.741. The Labute approximate surface area is 111 Å². The van der Waals surface area contributed by atoms with Crippen molar-refractivity contribution in [1.29, 1.82) is 5.26 Å². The highest BCUT2D eigenvalue weighted by molar-refractivity contribution is 5.96. The molecule has 0 saturated carbocycles. The van der Waals surface area contributed by atoms with Crippen LogP contribution in [0, 0.1) is 11.3 Å². The Morgan fingerprint density at radius 1 is 1.26 bits per heavy atom. The van der Waals surface area contributed by atoms with Crippen LogP contribution in [0.25, 0.3) is 0 Å². The zero-order valence-corrected chi connectivity index (χ0v) is 10.7. The van der Waals surface area contributed by atoms with E-state index in [-0.39, 0.29) is 6.54 Å². The third-order valence-corrected chi connectivity index (χ3v) is 2.26. The fourth-order valence-electron chi connectivity index (χ4n) is 1.30. The van der Waals surface area contributed by atoms with Crippen LogP contribution in [0.5, 0.6) is 0 Å². The fourth-order valence-corrected chi connectivity index (χ4v) is 1.30. The lowest BCUT2D eigenvalue weighted by Crippen LogP contribution is -2.42. The van der Waals surface area contributed by atoms with Crippen LogP contribution in [0.3, 0.4) is 0 Å². The molecular weight excluding hydrogens is 244 g/mol. The number of imide groups is 1. The van der Waals surface area contributed by atoms with Crippen LogP contribution in [0.4, 0.5) is 10.5 Å². The van der Waals surface area contributed by atoms with Crippen molar-refractivity contribution in [1.82, 2.24) is 10.6 Å². The third-order valence-electron chi connectivity index (χ3n) is 2.26. The van der Waals surface area contributed by atoms with Crippen molar-refractivity contribution in [3.63, 3.8) is 0 Å². The second-order valence-electron chi connectivity index (χ2n) is 3.85. The Kier molecular flexibility index (Phi) is 5.89. The van der Waals surface area contributed by atoms with Gasteiger partial charge in [-0.3, -0.25) is 10.1 Å². The molecule has 1 rings (SSSR count). The van der Waals surface area contributed by atoms with E-state index in [4.69, 9.17) is 5.26 Å². The van der Waals surface area contributed by atoms with E-state index in [2.05, 4.69) is 16.0 Å². The zero-order valence-electron chi connectivity index (χ0n) is 10.7. The molecular formula is C13H16N4O2. The van der Waals surface area contributed by atoms with E-state index in [1.807, 2.05) is 13.0 Å². The van der Waals surface area contributed by atoms with Crippen molar-refractivity contribution in [3.05, 3.63) is 29.8 Å². The highest BCUT2D eigenvalue weighted by Gasteiger charge is 2.06. The van der Waals surface area contributed by atoms with Gasteiger partial charge in [0, 0.05) is 12.2 Å². The van der Waals surface area contributed by atoms with Gasteiger partial charge in [-0.1, -0.05) is 6.92 Å². The van der Waals surface area contributed by atoms with Crippen LogP contribution in [0.15, 0.2) is 24.3 Å². The molecule has 0 aliphatic heterocycles. The van der Waals surface area contributed by atoms with Gasteiger partial charge in [-0.15, -0.1) is 0 Å². The summed E-state index contributed by atoms with van der Waals surface area (Å²) < 4.78 is 0. The predicted molar refractivity (Wildman–Crippen MR) is 71.5 cm³/mol. The second-order valence-corrected chi connectivity index (χ2v) is 3.85. The molecule has 0 aliphatic rings. The first-order valence-electron chi connectivity index (χ1n) is 5.97. The zero-order chi connectivity index (χ0) is 14.1. The van der Waals surface area contributed by atoms with Gasteiger partial charge in [0.25, 0.3) is 0 Å². The fraction of sp³-hybridized carbons (Fsp3) is 0.308. The first-order chi connectivity index (χ1) is 9.15. The highest BCUT2D eigenvalue weighted by Crippen LogP contribution is 2.07. The smallest absolute Gasteiger partial charge is 0.321 e. The minimum Gasteiger partial charge on any atom is -0.376 e. The Balaban J connectivity index is 2.33. The number of rotatable bonds is 5. The Bertz CT molecular complexity index is 476. The first kappa shape index (κ1) is 14.5. The van der Waals surface area contributed by atoms with Crippen molar-refractivity contribution in [2.45, 2.75) is 13.3 Å². The molecule has 3 N–H and O–H groups in total. The largest absolute Gasteiger partial charge is 0.376 e. The lowest BCUT2D eigenvalue weighted by atomic mass is 10.2. The minimum atomic E-state index is -0.492. The molecule has 0 aromatic heterocycles. The van der Waals surface area contributed by atoms with E-state index >= 15 is 0 Å². The first-order valence-corrected chi connectivity index (χ1v) is 5.97. The highest BCUT2D eigenvalue weighted by atomic mass is 16.2. The minimum absolute atomic E-state index is 0.00849. The van der Waals surface area contributed by atoms with E-state index in [1.165, 1.54) is 0 Å². The molecule has 0 saturated heterocycles. The topological polar surface area (TPSA) is 94.0 Å². The summed E-state index contributed by atoms with van der Waals surface area (Å²) in [6.07, 6.45) is 0.811. The summed E-state index contributed by atoms with van der Waals surface area (Å²) in [4.78, 5) is 22.6. The molecule has 19 heavy (non-hydrogen) atoms. The van der Waals surface area contributed by atoms with E-state index in [0.29, 0.717) is 17.8 Å². The third kappa shape index (κ3) is 5.55. The molecule has 3 amide bonds. The van der Waals surface area contributed by atoms with Gasteiger partial charge in [0.05, 0.1) is 18.2 Å². The monoisotopic (exact) mass is 260 g/mol. The molecule has 0 atom stereocenters. The summed E-state index contributed by atoms with van der Waals surface area (Å²) in [6, 6.07) is 8.20. The second kappa shape index (κ2) is 7.71. The molecule has 0 aliphatic carbocycles. The number of anilines is 1. The standard InChI is InChI=1S/C13H16N4O2/c1-2-7-15-13(19)17-12(18)9-16-11-5-3-10(8-14)4-6-11/h3-6,16H,2,7,9H2,1H3,(H2,15,17,18,19). The van der Waals surface area contributed by atoms with Gasteiger partial charge in [-0.25, -0.2) is 4.79 Å². The van der Waals surface area contributed by atoms with Crippen LogP contribution in [-0.4, -0.2) is 25.0 Å². The van der Waals surface area contributed by atoms with E-state index in [1.54, 1.807) is 24.3 Å². The van der Waals surface area contributed by atoms with Gasteiger partial charge >= 0.3 is 6.03 Å². The summed E-state index contributed by atoms with van der Waals surface area (Å²) in [7, 11) is 0. The molecule has 0 unspecified atom stereocenters. The maximum atomic E-state index is 11.4.